The fourth-order valence-corrected chi connectivity index (χ4v) is 8.93. The van der Waals surface area contributed by atoms with Gasteiger partial charge >= 0.3 is 0 Å². The quantitative estimate of drug-likeness (QED) is 0.275. The molecule has 0 spiro atoms. The zero-order valence-electron chi connectivity index (χ0n) is 20.0. The van der Waals surface area contributed by atoms with Gasteiger partial charge in [-0.1, -0.05) is 58.3 Å². The van der Waals surface area contributed by atoms with Crippen LogP contribution in [0.3, 0.4) is 0 Å². The lowest BCUT2D eigenvalue weighted by Gasteiger charge is -2.23. The molecule has 1 rings (SSSR count). The first kappa shape index (κ1) is 30.3. The van der Waals surface area contributed by atoms with Crippen LogP contribution in [0.25, 0.3) is 0 Å². The number of carbonyl (C=O) groups excluding carboxylic acids is 1. The zero-order chi connectivity index (χ0) is 22.2. The highest BCUT2D eigenvalue weighted by Gasteiger charge is 2.13. The Morgan fingerprint density at radius 2 is 0.903 bits per heavy atom. The van der Waals surface area contributed by atoms with Crippen LogP contribution in [0.2, 0.25) is 0 Å². The predicted octanol–water partition coefficient (Wildman–Crippen LogP) is 7.42. The Morgan fingerprint density at radius 3 is 1.32 bits per heavy atom. The van der Waals surface area contributed by atoms with Crippen molar-refractivity contribution in [3.63, 3.8) is 0 Å². The highest BCUT2D eigenvalue weighted by molar-refractivity contribution is 8.05. The van der Waals surface area contributed by atoms with Gasteiger partial charge in [-0.25, -0.2) is 0 Å². The molecule has 1 heterocycles. The highest BCUT2D eigenvalue weighted by atomic mass is 32.2. The number of carbonyl (C=O) groups is 1. The average Bonchev–Trinajstić information content (AvgIpc) is 2.77. The lowest BCUT2D eigenvalue weighted by atomic mass is 10.1. The summed E-state index contributed by atoms with van der Waals surface area (Å²) < 4.78 is 0. The van der Waals surface area contributed by atoms with Crippen molar-refractivity contribution in [2.24, 2.45) is 0 Å². The smallest absolute Gasteiger partial charge is 0.222 e. The second kappa shape index (κ2) is 24.3. The SMILES string of the molecule is CCCCCCCCCCCC(=O)N1CCSCCSCCSCCSCCSCC1. The van der Waals surface area contributed by atoms with Crippen LogP contribution in [-0.2, 0) is 4.79 Å². The number of thioether (sulfide) groups is 5. The van der Waals surface area contributed by atoms with Crippen LogP contribution >= 0.6 is 58.8 Å². The molecule has 0 aromatic heterocycles. The Kier molecular flexibility index (Phi) is 23.8. The maximum atomic E-state index is 12.8. The summed E-state index contributed by atoms with van der Waals surface area (Å²) in [7, 11) is 0. The second-order valence-corrected chi connectivity index (χ2v) is 14.1. The first-order chi connectivity index (χ1) is 15.3. The summed E-state index contributed by atoms with van der Waals surface area (Å²) in [5.74, 6) is 12.7. The van der Waals surface area contributed by atoms with Gasteiger partial charge in [-0.2, -0.15) is 58.8 Å². The summed E-state index contributed by atoms with van der Waals surface area (Å²) in [6, 6.07) is 0. The molecule has 1 aliphatic rings. The molecule has 1 saturated heterocycles. The molecule has 0 bridgehead atoms. The molecule has 2 nitrogen and oxygen atoms in total. The fourth-order valence-electron chi connectivity index (χ4n) is 3.44. The molecule has 0 aromatic carbocycles. The van der Waals surface area contributed by atoms with Crippen LogP contribution in [0.1, 0.15) is 71.1 Å². The standard InChI is InChI=1S/C24H47NOS5/c1-2-3-4-5-6-7-8-9-10-11-24(26)25-12-14-27-16-18-29-20-22-31-23-21-30-19-17-28-15-13-25/h2-23H2,1H3. The fraction of sp³-hybridized carbons (Fsp3) is 0.958. The largest absolute Gasteiger partial charge is 0.341 e. The Hall–Kier alpha value is 1.22. The van der Waals surface area contributed by atoms with Gasteiger partial charge in [0.15, 0.2) is 0 Å². The van der Waals surface area contributed by atoms with Crippen LogP contribution in [0, 0.1) is 0 Å². The van der Waals surface area contributed by atoms with E-state index in [1.807, 2.05) is 23.5 Å². The molecule has 1 aliphatic heterocycles. The maximum Gasteiger partial charge on any atom is 0.222 e. The molecule has 1 fully saturated rings. The molecular formula is C24H47NOS5. The van der Waals surface area contributed by atoms with Gasteiger partial charge in [0, 0.05) is 77.0 Å². The third-order valence-electron chi connectivity index (χ3n) is 5.35. The van der Waals surface area contributed by atoms with Crippen molar-refractivity contribution in [1.29, 1.82) is 0 Å². The van der Waals surface area contributed by atoms with E-state index in [1.54, 1.807) is 0 Å². The topological polar surface area (TPSA) is 20.3 Å². The van der Waals surface area contributed by atoms with E-state index in [1.165, 1.54) is 97.4 Å². The van der Waals surface area contributed by atoms with E-state index in [2.05, 4.69) is 47.1 Å². The Bertz CT molecular complexity index is 382. The number of rotatable bonds is 10. The van der Waals surface area contributed by atoms with Gasteiger partial charge in [0.2, 0.25) is 5.91 Å². The molecular weight excluding hydrogens is 479 g/mol. The number of hydrogen-bond donors (Lipinski definition) is 0. The monoisotopic (exact) mass is 525 g/mol. The van der Waals surface area contributed by atoms with Gasteiger partial charge < -0.3 is 4.90 Å². The zero-order valence-corrected chi connectivity index (χ0v) is 24.0. The van der Waals surface area contributed by atoms with Crippen molar-refractivity contribution in [2.75, 3.05) is 70.6 Å². The summed E-state index contributed by atoms with van der Waals surface area (Å²) >= 11 is 10.4. The minimum Gasteiger partial charge on any atom is -0.341 e. The molecule has 0 unspecified atom stereocenters. The lowest BCUT2D eigenvalue weighted by Crippen LogP contribution is -2.35. The predicted molar refractivity (Wildman–Crippen MR) is 155 cm³/mol. The molecule has 31 heavy (non-hydrogen) atoms. The van der Waals surface area contributed by atoms with Crippen molar-refractivity contribution < 1.29 is 4.79 Å². The second-order valence-electron chi connectivity index (χ2n) is 8.02. The van der Waals surface area contributed by atoms with E-state index in [4.69, 9.17) is 0 Å². The van der Waals surface area contributed by atoms with Gasteiger partial charge in [0.05, 0.1) is 0 Å². The van der Waals surface area contributed by atoms with Crippen molar-refractivity contribution in [2.45, 2.75) is 71.1 Å². The van der Waals surface area contributed by atoms with E-state index in [-0.39, 0.29) is 0 Å². The summed E-state index contributed by atoms with van der Waals surface area (Å²) in [6.07, 6.45) is 12.6. The first-order valence-electron chi connectivity index (χ1n) is 12.5. The summed E-state index contributed by atoms with van der Waals surface area (Å²) in [4.78, 5) is 15.0. The van der Waals surface area contributed by atoms with Gasteiger partial charge in [-0.05, 0) is 6.42 Å². The van der Waals surface area contributed by atoms with Crippen LogP contribution in [-0.4, -0.2) is 81.4 Å². The Morgan fingerprint density at radius 1 is 0.548 bits per heavy atom. The van der Waals surface area contributed by atoms with Crippen LogP contribution < -0.4 is 0 Å². The summed E-state index contributed by atoms with van der Waals surface area (Å²) in [6.45, 7) is 4.16. The molecule has 0 aromatic rings. The van der Waals surface area contributed by atoms with E-state index in [0.29, 0.717) is 5.91 Å². The number of amides is 1. The third-order valence-corrected chi connectivity index (χ3v) is 11.3. The molecule has 0 atom stereocenters. The van der Waals surface area contributed by atoms with Crippen molar-refractivity contribution in [3.8, 4) is 0 Å². The van der Waals surface area contributed by atoms with Gasteiger partial charge in [-0.15, -0.1) is 0 Å². The molecule has 0 radical (unpaired) electrons. The van der Waals surface area contributed by atoms with E-state index in [9.17, 15) is 4.79 Å². The summed E-state index contributed by atoms with van der Waals surface area (Å²) in [5.41, 5.74) is 0. The molecule has 7 heteroatoms. The van der Waals surface area contributed by atoms with Crippen molar-refractivity contribution >= 4 is 64.7 Å². The molecule has 1 amide bonds. The normalized spacial score (nSPS) is 18.9. The van der Waals surface area contributed by atoms with E-state index in [0.717, 1.165) is 37.4 Å². The van der Waals surface area contributed by atoms with Crippen molar-refractivity contribution in [3.05, 3.63) is 0 Å². The molecule has 0 N–H and O–H groups in total. The molecule has 184 valence electrons. The summed E-state index contributed by atoms with van der Waals surface area (Å²) in [5, 5.41) is 0. The lowest BCUT2D eigenvalue weighted by molar-refractivity contribution is -0.130. The minimum absolute atomic E-state index is 0.402. The number of nitrogens with zero attached hydrogens (tertiary/aromatic N) is 1. The van der Waals surface area contributed by atoms with Crippen LogP contribution in [0.15, 0.2) is 0 Å². The minimum atomic E-state index is 0.402. The van der Waals surface area contributed by atoms with E-state index < -0.39 is 0 Å². The van der Waals surface area contributed by atoms with E-state index >= 15 is 0 Å². The average molecular weight is 526 g/mol. The number of unbranched alkanes of at least 4 members (excludes halogenated alkanes) is 8. The Labute approximate surface area is 215 Å². The van der Waals surface area contributed by atoms with Crippen molar-refractivity contribution in [1.82, 2.24) is 4.90 Å². The van der Waals surface area contributed by atoms with Crippen LogP contribution in [0.5, 0.6) is 0 Å². The first-order valence-corrected chi connectivity index (χ1v) is 18.3. The highest BCUT2D eigenvalue weighted by Crippen LogP contribution is 2.15. The van der Waals surface area contributed by atoms with Gasteiger partial charge in [0.25, 0.3) is 0 Å². The maximum absolute atomic E-state index is 12.8. The van der Waals surface area contributed by atoms with Gasteiger partial charge in [0.1, 0.15) is 0 Å². The Balaban J connectivity index is 2.21. The van der Waals surface area contributed by atoms with Crippen LogP contribution in [0.4, 0.5) is 0 Å². The molecule has 0 saturated carbocycles. The number of hydrogen-bond acceptors (Lipinski definition) is 6. The third kappa shape index (κ3) is 20.3. The molecule has 0 aliphatic carbocycles. The van der Waals surface area contributed by atoms with Gasteiger partial charge in [-0.3, -0.25) is 4.79 Å².